The third-order valence-corrected chi connectivity index (χ3v) is 3.75. The van der Waals surface area contributed by atoms with Gasteiger partial charge in [0.25, 0.3) is 0 Å². The molecule has 0 fully saturated rings. The molecule has 0 bridgehead atoms. The molecule has 0 radical (unpaired) electrons. The van der Waals surface area contributed by atoms with E-state index in [2.05, 4.69) is 14.7 Å². The Kier molecular flexibility index (Phi) is 4.61. The zero-order valence-corrected chi connectivity index (χ0v) is 14.2. The molecule has 2 heterocycles. The smallest absolute Gasteiger partial charge is 0.416 e. The average Bonchev–Trinajstić information content (AvgIpc) is 2.63. The number of nitrogens with zero attached hydrogens (tertiary/aromatic N) is 2. The Morgan fingerprint density at radius 2 is 1.74 bits per heavy atom. The van der Waals surface area contributed by atoms with Crippen molar-refractivity contribution < 1.29 is 32.5 Å². The summed E-state index contributed by atoms with van der Waals surface area (Å²) in [7, 11) is 1.17. The lowest BCUT2D eigenvalue weighted by atomic mass is 10.1. The van der Waals surface area contributed by atoms with Crippen LogP contribution >= 0.6 is 0 Å². The number of alkyl halides is 3. The van der Waals surface area contributed by atoms with Gasteiger partial charge in [-0.2, -0.15) is 13.2 Å². The van der Waals surface area contributed by atoms with Crippen LogP contribution in [0.15, 0.2) is 36.4 Å². The maximum absolute atomic E-state index is 12.6. The maximum Gasteiger partial charge on any atom is 0.416 e. The Hall–Kier alpha value is -3.36. The van der Waals surface area contributed by atoms with Gasteiger partial charge in [-0.25, -0.2) is 14.8 Å². The Bertz CT molecular complexity index is 1020. The zero-order chi connectivity index (χ0) is 19.8. The summed E-state index contributed by atoms with van der Waals surface area (Å²) in [5.74, 6) is -0.910. The van der Waals surface area contributed by atoms with Gasteiger partial charge in [-0.05, 0) is 37.3 Å². The summed E-state index contributed by atoms with van der Waals surface area (Å²) in [5, 5.41) is 10.5. The van der Waals surface area contributed by atoms with Crippen molar-refractivity contribution in [3.8, 4) is 17.4 Å². The Morgan fingerprint density at radius 3 is 2.33 bits per heavy atom. The van der Waals surface area contributed by atoms with Gasteiger partial charge in [-0.1, -0.05) is 0 Å². The van der Waals surface area contributed by atoms with Crippen LogP contribution in [0.3, 0.4) is 0 Å². The van der Waals surface area contributed by atoms with Crippen molar-refractivity contribution in [1.82, 2.24) is 9.97 Å². The van der Waals surface area contributed by atoms with Gasteiger partial charge in [0.05, 0.1) is 23.9 Å². The Morgan fingerprint density at radius 1 is 1.07 bits per heavy atom. The van der Waals surface area contributed by atoms with E-state index in [1.807, 2.05) is 0 Å². The van der Waals surface area contributed by atoms with Crippen molar-refractivity contribution in [2.24, 2.45) is 0 Å². The highest BCUT2D eigenvalue weighted by molar-refractivity contribution is 5.98. The average molecular weight is 378 g/mol. The first-order chi connectivity index (χ1) is 12.7. The number of aromatic hydroxyl groups is 1. The summed E-state index contributed by atoms with van der Waals surface area (Å²) < 4.78 is 47.8. The van der Waals surface area contributed by atoms with E-state index in [0.29, 0.717) is 5.69 Å². The van der Waals surface area contributed by atoms with Gasteiger partial charge < -0.3 is 14.6 Å². The lowest BCUT2D eigenvalue weighted by Crippen LogP contribution is -2.07. The SMILES string of the molecule is COC(=O)c1nc(C)c2nc(Oc3ccc(C(F)(F)F)cc3)ccc2c1O. The first-order valence-corrected chi connectivity index (χ1v) is 7.64. The molecule has 140 valence electrons. The van der Waals surface area contributed by atoms with E-state index in [1.165, 1.54) is 31.4 Å². The van der Waals surface area contributed by atoms with Crippen LogP contribution in [0, 0.1) is 6.92 Å². The normalized spacial score (nSPS) is 11.4. The second kappa shape index (κ2) is 6.75. The number of carbonyl (C=O) groups excluding carboxylic acids is 1. The van der Waals surface area contributed by atoms with Gasteiger partial charge in [0.1, 0.15) is 5.75 Å². The number of methoxy groups -OCH3 is 1. The maximum atomic E-state index is 12.6. The number of hydrogen-bond donors (Lipinski definition) is 1. The van der Waals surface area contributed by atoms with Gasteiger partial charge in [0, 0.05) is 11.5 Å². The molecule has 0 saturated carbocycles. The summed E-state index contributed by atoms with van der Waals surface area (Å²) in [5.41, 5.74) is -0.395. The van der Waals surface area contributed by atoms with Crippen LogP contribution in [-0.4, -0.2) is 28.2 Å². The van der Waals surface area contributed by atoms with Crippen LogP contribution in [-0.2, 0) is 10.9 Å². The molecule has 9 heteroatoms. The van der Waals surface area contributed by atoms with Gasteiger partial charge in [0.2, 0.25) is 5.88 Å². The number of fused-ring (bicyclic) bond motifs is 1. The molecule has 1 N–H and O–H groups in total. The number of ether oxygens (including phenoxy) is 2. The van der Waals surface area contributed by atoms with E-state index < -0.39 is 17.7 Å². The minimum Gasteiger partial charge on any atom is -0.505 e. The van der Waals surface area contributed by atoms with Gasteiger partial charge in [0.15, 0.2) is 11.4 Å². The number of rotatable bonds is 3. The van der Waals surface area contributed by atoms with Crippen LogP contribution in [0.2, 0.25) is 0 Å². The van der Waals surface area contributed by atoms with Crippen molar-refractivity contribution in [3.05, 3.63) is 53.3 Å². The summed E-state index contributed by atoms with van der Waals surface area (Å²) >= 11 is 0. The van der Waals surface area contributed by atoms with E-state index in [0.717, 1.165) is 12.1 Å². The van der Waals surface area contributed by atoms with Crippen molar-refractivity contribution in [2.45, 2.75) is 13.1 Å². The number of carbonyl (C=O) groups is 1. The fraction of sp³-hybridized carbons (Fsp3) is 0.167. The zero-order valence-electron chi connectivity index (χ0n) is 14.2. The second-order valence-corrected chi connectivity index (χ2v) is 5.56. The van der Waals surface area contributed by atoms with Crippen LogP contribution in [0.4, 0.5) is 13.2 Å². The van der Waals surface area contributed by atoms with Crippen LogP contribution in [0.25, 0.3) is 10.9 Å². The lowest BCUT2D eigenvalue weighted by molar-refractivity contribution is -0.137. The molecule has 3 aromatic rings. The summed E-state index contributed by atoms with van der Waals surface area (Å²) in [4.78, 5) is 19.9. The van der Waals surface area contributed by atoms with E-state index in [4.69, 9.17) is 4.74 Å². The fourth-order valence-electron chi connectivity index (χ4n) is 2.44. The minimum absolute atomic E-state index is 0.0948. The summed E-state index contributed by atoms with van der Waals surface area (Å²) in [6, 6.07) is 7.04. The number of aryl methyl sites for hydroxylation is 1. The molecular weight excluding hydrogens is 365 g/mol. The molecule has 3 rings (SSSR count). The molecule has 0 atom stereocenters. The molecule has 0 saturated heterocycles. The number of esters is 1. The molecule has 0 amide bonds. The van der Waals surface area contributed by atoms with Crippen molar-refractivity contribution in [1.29, 1.82) is 0 Å². The largest absolute Gasteiger partial charge is 0.505 e. The monoisotopic (exact) mass is 378 g/mol. The molecule has 2 aromatic heterocycles. The van der Waals surface area contributed by atoms with E-state index in [1.54, 1.807) is 6.92 Å². The quantitative estimate of drug-likeness (QED) is 0.687. The molecule has 6 nitrogen and oxygen atoms in total. The lowest BCUT2D eigenvalue weighted by Gasteiger charge is -2.11. The molecule has 0 unspecified atom stereocenters. The van der Waals surface area contributed by atoms with Crippen LogP contribution in [0.5, 0.6) is 17.4 Å². The standard InChI is InChI=1S/C18H13F3N2O4/c1-9-14-12(16(24)15(22-9)17(25)26-2)7-8-13(23-14)27-11-5-3-10(4-6-11)18(19,20)21/h3-8,24H,1-2H3. The van der Waals surface area contributed by atoms with E-state index in [-0.39, 0.29) is 34.0 Å². The number of hydrogen-bond acceptors (Lipinski definition) is 6. The third kappa shape index (κ3) is 3.62. The first kappa shape index (κ1) is 18.4. The molecular formula is C18H13F3N2O4. The van der Waals surface area contributed by atoms with Crippen molar-refractivity contribution in [2.75, 3.05) is 7.11 Å². The topological polar surface area (TPSA) is 81.5 Å². The van der Waals surface area contributed by atoms with Crippen LogP contribution < -0.4 is 4.74 Å². The summed E-state index contributed by atoms with van der Waals surface area (Å²) in [6.07, 6.45) is -4.43. The van der Waals surface area contributed by atoms with E-state index in [9.17, 15) is 23.1 Å². The minimum atomic E-state index is -4.43. The predicted molar refractivity (Wildman–Crippen MR) is 88.8 cm³/mol. The molecule has 0 aliphatic rings. The van der Waals surface area contributed by atoms with Crippen molar-refractivity contribution >= 4 is 16.9 Å². The fourth-order valence-corrected chi connectivity index (χ4v) is 2.44. The van der Waals surface area contributed by atoms with E-state index >= 15 is 0 Å². The van der Waals surface area contributed by atoms with Crippen LogP contribution in [0.1, 0.15) is 21.7 Å². The Labute approximate surface area is 151 Å². The second-order valence-electron chi connectivity index (χ2n) is 5.56. The molecule has 1 aromatic carbocycles. The highest BCUT2D eigenvalue weighted by Crippen LogP contribution is 2.33. The van der Waals surface area contributed by atoms with Gasteiger partial charge in [-0.15, -0.1) is 0 Å². The predicted octanol–water partition coefficient (Wildman–Crippen LogP) is 4.24. The highest BCUT2D eigenvalue weighted by atomic mass is 19.4. The summed E-state index contributed by atoms with van der Waals surface area (Å²) in [6.45, 7) is 1.59. The van der Waals surface area contributed by atoms with Gasteiger partial charge >= 0.3 is 12.1 Å². The number of aromatic nitrogens is 2. The van der Waals surface area contributed by atoms with Crippen molar-refractivity contribution in [3.63, 3.8) is 0 Å². The molecule has 27 heavy (non-hydrogen) atoms. The highest BCUT2D eigenvalue weighted by Gasteiger charge is 2.30. The number of pyridine rings is 2. The third-order valence-electron chi connectivity index (χ3n) is 3.75. The van der Waals surface area contributed by atoms with Gasteiger partial charge in [-0.3, -0.25) is 0 Å². The first-order valence-electron chi connectivity index (χ1n) is 7.64. The Balaban J connectivity index is 1.95. The molecule has 0 aliphatic carbocycles. The molecule has 0 aliphatic heterocycles. The number of halogens is 3. The molecule has 0 spiro atoms. The number of benzene rings is 1.